The summed E-state index contributed by atoms with van der Waals surface area (Å²) < 4.78 is 0. The van der Waals surface area contributed by atoms with E-state index < -0.39 is 5.97 Å². The van der Waals surface area contributed by atoms with E-state index in [4.69, 9.17) is 0 Å². The minimum absolute atomic E-state index is 0.396. The van der Waals surface area contributed by atoms with Crippen molar-refractivity contribution in [3.05, 3.63) is 41.3 Å². The number of rotatable bonds is 5. The van der Waals surface area contributed by atoms with Gasteiger partial charge in [-0.15, -0.1) is 11.3 Å². The minimum Gasteiger partial charge on any atom is -0.477 e. The lowest BCUT2D eigenvalue weighted by Gasteiger charge is -2.23. The summed E-state index contributed by atoms with van der Waals surface area (Å²) in [6.45, 7) is 2.95. The van der Waals surface area contributed by atoms with Crippen molar-refractivity contribution in [3.8, 4) is 10.4 Å². The maximum absolute atomic E-state index is 11.5. The Morgan fingerprint density at radius 2 is 2.00 bits per heavy atom. The second kappa shape index (κ2) is 6.94. The molecule has 0 saturated carbocycles. The molecule has 0 amide bonds. The molecule has 0 spiro atoms. The second-order valence-corrected chi connectivity index (χ2v) is 6.65. The van der Waals surface area contributed by atoms with Crippen molar-refractivity contribution in [2.45, 2.75) is 12.8 Å². The second-order valence-electron chi connectivity index (χ2n) is 5.60. The maximum Gasteiger partial charge on any atom is 0.348 e. The molecular weight excluding hydrogens is 296 g/mol. The van der Waals surface area contributed by atoms with Crippen molar-refractivity contribution >= 4 is 23.0 Å². The van der Waals surface area contributed by atoms with Gasteiger partial charge >= 0.3 is 5.97 Å². The quantitative estimate of drug-likeness (QED) is 0.790. The van der Waals surface area contributed by atoms with Crippen LogP contribution in [0.4, 0.5) is 5.69 Å². The fourth-order valence-corrected chi connectivity index (χ4v) is 3.74. The molecule has 1 aromatic heterocycles. The minimum atomic E-state index is -0.861. The number of carbonyl (C=O) groups is 1. The molecule has 22 heavy (non-hydrogen) atoms. The lowest BCUT2D eigenvalue weighted by molar-refractivity contribution is 0.0703. The van der Waals surface area contributed by atoms with Gasteiger partial charge in [0.05, 0.1) is 5.69 Å². The van der Waals surface area contributed by atoms with Crippen molar-refractivity contribution in [2.24, 2.45) is 5.92 Å². The number of thiophene rings is 1. The van der Waals surface area contributed by atoms with Crippen LogP contribution in [0.5, 0.6) is 0 Å². The third-order valence-corrected chi connectivity index (χ3v) is 5.20. The van der Waals surface area contributed by atoms with Crippen LogP contribution in [-0.4, -0.2) is 30.7 Å². The number of aromatic carboxylic acids is 1. The number of benzene rings is 1. The van der Waals surface area contributed by atoms with Crippen LogP contribution in [0.1, 0.15) is 22.5 Å². The summed E-state index contributed by atoms with van der Waals surface area (Å²) >= 11 is 1.33. The zero-order chi connectivity index (χ0) is 15.4. The lowest BCUT2D eigenvalue weighted by Crippen LogP contribution is -2.31. The molecule has 0 aliphatic carbocycles. The SMILES string of the molecule is O=C(O)c1sc(-c2ccccc2)cc1NCC1CCNCC1. The summed E-state index contributed by atoms with van der Waals surface area (Å²) in [5, 5.41) is 16.1. The normalized spacial score (nSPS) is 15.6. The molecule has 1 aromatic carbocycles. The summed E-state index contributed by atoms with van der Waals surface area (Å²) in [4.78, 5) is 12.9. The molecule has 1 aliphatic rings. The van der Waals surface area contributed by atoms with Gasteiger partial charge in [0.2, 0.25) is 0 Å². The Morgan fingerprint density at radius 1 is 1.27 bits per heavy atom. The average molecular weight is 316 g/mol. The Morgan fingerprint density at radius 3 is 2.68 bits per heavy atom. The molecule has 1 aliphatic heterocycles. The molecule has 3 N–H and O–H groups in total. The van der Waals surface area contributed by atoms with Crippen LogP contribution < -0.4 is 10.6 Å². The van der Waals surface area contributed by atoms with Crippen molar-refractivity contribution in [3.63, 3.8) is 0 Å². The van der Waals surface area contributed by atoms with E-state index in [0.29, 0.717) is 10.8 Å². The van der Waals surface area contributed by atoms with E-state index in [1.165, 1.54) is 11.3 Å². The van der Waals surface area contributed by atoms with Gasteiger partial charge in [-0.2, -0.15) is 0 Å². The van der Waals surface area contributed by atoms with Crippen LogP contribution in [0, 0.1) is 5.92 Å². The highest BCUT2D eigenvalue weighted by molar-refractivity contribution is 7.18. The number of hydrogen-bond donors (Lipinski definition) is 3. The van der Waals surface area contributed by atoms with Crippen LogP contribution in [0.3, 0.4) is 0 Å². The molecule has 1 saturated heterocycles. The predicted octanol–water partition coefficient (Wildman–Crippen LogP) is 3.52. The first-order valence-electron chi connectivity index (χ1n) is 7.61. The summed E-state index contributed by atoms with van der Waals surface area (Å²) in [5.41, 5.74) is 1.81. The number of piperidine rings is 1. The first kappa shape index (κ1) is 15.1. The highest BCUT2D eigenvalue weighted by atomic mass is 32.1. The highest BCUT2D eigenvalue weighted by Gasteiger charge is 2.18. The zero-order valence-electron chi connectivity index (χ0n) is 12.3. The van der Waals surface area contributed by atoms with Gasteiger partial charge in [0.15, 0.2) is 0 Å². The van der Waals surface area contributed by atoms with Crippen LogP contribution in [0.15, 0.2) is 36.4 Å². The highest BCUT2D eigenvalue weighted by Crippen LogP contribution is 2.35. The number of carboxylic acid groups (broad SMARTS) is 1. The van der Waals surface area contributed by atoms with E-state index in [-0.39, 0.29) is 0 Å². The van der Waals surface area contributed by atoms with Gasteiger partial charge in [-0.05, 0) is 43.5 Å². The largest absolute Gasteiger partial charge is 0.477 e. The number of hydrogen-bond acceptors (Lipinski definition) is 4. The van der Waals surface area contributed by atoms with Gasteiger partial charge in [-0.1, -0.05) is 30.3 Å². The number of carboxylic acids is 1. The van der Waals surface area contributed by atoms with E-state index in [0.717, 1.165) is 48.6 Å². The molecule has 0 bridgehead atoms. The molecule has 0 atom stereocenters. The molecular formula is C17H20N2O2S. The standard InChI is InChI=1S/C17H20N2O2S/c20-17(21)16-14(19-11-12-6-8-18-9-7-12)10-15(22-16)13-4-2-1-3-5-13/h1-5,10,12,18-19H,6-9,11H2,(H,20,21). The Kier molecular flexibility index (Phi) is 4.75. The zero-order valence-corrected chi connectivity index (χ0v) is 13.2. The Balaban J connectivity index is 1.77. The Bertz CT molecular complexity index is 633. The molecule has 4 nitrogen and oxygen atoms in total. The number of nitrogens with one attached hydrogen (secondary N) is 2. The predicted molar refractivity (Wildman–Crippen MR) is 90.8 cm³/mol. The fourth-order valence-electron chi connectivity index (χ4n) is 2.77. The van der Waals surface area contributed by atoms with E-state index >= 15 is 0 Å². The molecule has 0 radical (unpaired) electrons. The van der Waals surface area contributed by atoms with E-state index in [9.17, 15) is 9.90 Å². The number of anilines is 1. The fraction of sp³-hybridized carbons (Fsp3) is 0.353. The average Bonchev–Trinajstić information content (AvgIpc) is 2.99. The van der Waals surface area contributed by atoms with Crippen LogP contribution >= 0.6 is 11.3 Å². The van der Waals surface area contributed by atoms with Gasteiger partial charge in [0.25, 0.3) is 0 Å². The van der Waals surface area contributed by atoms with Crippen molar-refractivity contribution in [2.75, 3.05) is 25.0 Å². The molecule has 1 fully saturated rings. The first-order valence-corrected chi connectivity index (χ1v) is 8.43. The molecule has 3 rings (SSSR count). The van der Waals surface area contributed by atoms with Crippen molar-refractivity contribution in [1.82, 2.24) is 5.32 Å². The van der Waals surface area contributed by atoms with Crippen molar-refractivity contribution in [1.29, 1.82) is 0 Å². The Hall–Kier alpha value is -1.85. The van der Waals surface area contributed by atoms with Gasteiger partial charge in [-0.3, -0.25) is 0 Å². The van der Waals surface area contributed by atoms with E-state index in [2.05, 4.69) is 10.6 Å². The van der Waals surface area contributed by atoms with E-state index in [1.807, 2.05) is 36.4 Å². The molecule has 5 heteroatoms. The van der Waals surface area contributed by atoms with Gasteiger partial charge in [0.1, 0.15) is 4.88 Å². The van der Waals surface area contributed by atoms with E-state index in [1.54, 1.807) is 0 Å². The topological polar surface area (TPSA) is 61.4 Å². The lowest BCUT2D eigenvalue weighted by atomic mass is 9.98. The van der Waals surface area contributed by atoms with Crippen LogP contribution in [0.25, 0.3) is 10.4 Å². The summed E-state index contributed by atoms with van der Waals surface area (Å²) in [6, 6.07) is 11.9. The Labute approximate surface area is 134 Å². The third kappa shape index (κ3) is 3.48. The molecule has 2 aromatic rings. The third-order valence-electron chi connectivity index (χ3n) is 4.02. The van der Waals surface area contributed by atoms with Crippen LogP contribution in [0.2, 0.25) is 0 Å². The monoisotopic (exact) mass is 316 g/mol. The summed E-state index contributed by atoms with van der Waals surface area (Å²) in [7, 11) is 0. The smallest absolute Gasteiger partial charge is 0.348 e. The van der Waals surface area contributed by atoms with Crippen molar-refractivity contribution < 1.29 is 9.90 Å². The molecule has 0 unspecified atom stereocenters. The molecule has 2 heterocycles. The van der Waals surface area contributed by atoms with Gasteiger partial charge in [-0.25, -0.2) is 4.79 Å². The van der Waals surface area contributed by atoms with Gasteiger partial charge < -0.3 is 15.7 Å². The van der Waals surface area contributed by atoms with Crippen LogP contribution in [-0.2, 0) is 0 Å². The summed E-state index contributed by atoms with van der Waals surface area (Å²) in [5.74, 6) is -0.247. The van der Waals surface area contributed by atoms with Gasteiger partial charge in [0, 0.05) is 11.4 Å². The first-order chi connectivity index (χ1) is 10.7. The molecule has 116 valence electrons. The summed E-state index contributed by atoms with van der Waals surface area (Å²) in [6.07, 6.45) is 2.29. The maximum atomic E-state index is 11.5.